The molecule has 6 nitrogen and oxygen atoms in total. The van der Waals surface area contributed by atoms with E-state index in [9.17, 15) is 18.4 Å². The number of anilines is 1. The van der Waals surface area contributed by atoms with Gasteiger partial charge in [0.25, 0.3) is 5.91 Å². The Bertz CT molecular complexity index is 764. The summed E-state index contributed by atoms with van der Waals surface area (Å²) in [6, 6.07) is 11.9. The summed E-state index contributed by atoms with van der Waals surface area (Å²) in [5.41, 5.74) is 0.448. The van der Waals surface area contributed by atoms with Gasteiger partial charge in [-0.05, 0) is 43.3 Å². The Hall–Kier alpha value is -3.16. The van der Waals surface area contributed by atoms with Crippen molar-refractivity contribution in [3.63, 3.8) is 0 Å². The third-order valence-electron chi connectivity index (χ3n) is 3.32. The second-order valence-corrected chi connectivity index (χ2v) is 5.14. The molecule has 0 aliphatic carbocycles. The van der Waals surface area contributed by atoms with Gasteiger partial charge in [-0.1, -0.05) is 12.1 Å². The first kappa shape index (κ1) is 19.2. The van der Waals surface area contributed by atoms with E-state index in [0.29, 0.717) is 11.3 Å². The van der Waals surface area contributed by atoms with Crippen molar-refractivity contribution in [1.82, 2.24) is 0 Å². The molecule has 1 N–H and O–H groups in total. The lowest BCUT2D eigenvalue weighted by Gasteiger charge is -2.16. The molecule has 0 aliphatic heterocycles. The zero-order chi connectivity index (χ0) is 19.1. The van der Waals surface area contributed by atoms with Gasteiger partial charge in [0.15, 0.2) is 6.10 Å². The molecular weight excluding hydrogens is 348 g/mol. The molecule has 1 amide bonds. The van der Waals surface area contributed by atoms with Gasteiger partial charge in [-0.3, -0.25) is 4.79 Å². The van der Waals surface area contributed by atoms with Crippen molar-refractivity contribution < 1.29 is 32.6 Å². The summed E-state index contributed by atoms with van der Waals surface area (Å²) >= 11 is 0. The maximum absolute atomic E-state index is 12.4. The molecule has 0 saturated heterocycles. The highest BCUT2D eigenvalue weighted by Gasteiger charge is 2.18. The Morgan fingerprint density at radius 3 is 2.27 bits per heavy atom. The second-order valence-electron chi connectivity index (χ2n) is 5.14. The van der Waals surface area contributed by atoms with Crippen molar-refractivity contribution in [2.75, 3.05) is 12.4 Å². The number of amides is 1. The normalized spacial score (nSPS) is 11.6. The van der Waals surface area contributed by atoms with Crippen LogP contribution in [0.1, 0.15) is 17.3 Å². The van der Waals surface area contributed by atoms with Crippen LogP contribution in [0.2, 0.25) is 0 Å². The number of benzene rings is 2. The largest absolute Gasteiger partial charge is 0.481 e. The van der Waals surface area contributed by atoms with E-state index in [-0.39, 0.29) is 11.4 Å². The molecule has 0 fully saturated rings. The van der Waals surface area contributed by atoms with Gasteiger partial charge in [0.2, 0.25) is 0 Å². The zero-order valence-corrected chi connectivity index (χ0v) is 14.1. The molecule has 8 heteroatoms. The lowest BCUT2D eigenvalue weighted by molar-refractivity contribution is -0.122. The van der Waals surface area contributed by atoms with Crippen LogP contribution in [0.5, 0.6) is 11.5 Å². The highest BCUT2D eigenvalue weighted by Crippen LogP contribution is 2.26. The zero-order valence-electron chi connectivity index (χ0n) is 14.1. The van der Waals surface area contributed by atoms with Crippen LogP contribution in [0.25, 0.3) is 0 Å². The molecule has 2 aromatic rings. The van der Waals surface area contributed by atoms with E-state index < -0.39 is 24.6 Å². The molecule has 0 unspecified atom stereocenters. The third-order valence-corrected chi connectivity index (χ3v) is 3.32. The molecule has 26 heavy (non-hydrogen) atoms. The van der Waals surface area contributed by atoms with Crippen molar-refractivity contribution in [3.05, 3.63) is 54.1 Å². The van der Waals surface area contributed by atoms with Gasteiger partial charge in [0.05, 0.1) is 18.4 Å². The Morgan fingerprint density at radius 1 is 1.00 bits per heavy atom. The van der Waals surface area contributed by atoms with Crippen molar-refractivity contribution in [3.8, 4) is 11.5 Å². The molecular formula is C18H17F2NO5. The molecule has 0 bridgehead atoms. The molecule has 0 aromatic heterocycles. The maximum Gasteiger partial charge on any atom is 0.387 e. The van der Waals surface area contributed by atoms with Crippen LogP contribution < -0.4 is 14.8 Å². The summed E-state index contributed by atoms with van der Waals surface area (Å²) in [5, 5.41) is 2.48. The molecule has 138 valence electrons. The van der Waals surface area contributed by atoms with E-state index in [0.717, 1.165) is 0 Å². The standard InChI is InChI=1S/C18H17F2NO5/c1-11(25-13-9-7-12(8-10-13)17(23)24-2)16(22)21-14-5-3-4-6-15(14)26-18(19)20/h3-11,18H,1-2H3,(H,21,22)/t11-/m1/s1. The minimum absolute atomic E-state index is 0.106. The number of nitrogens with one attached hydrogen (secondary N) is 1. The average molecular weight is 365 g/mol. The summed E-state index contributed by atoms with van der Waals surface area (Å²) < 4.78 is 39.2. The van der Waals surface area contributed by atoms with Gasteiger partial charge < -0.3 is 19.5 Å². The van der Waals surface area contributed by atoms with Crippen molar-refractivity contribution in [2.24, 2.45) is 0 Å². The van der Waals surface area contributed by atoms with E-state index >= 15 is 0 Å². The number of hydrogen-bond acceptors (Lipinski definition) is 5. The number of ether oxygens (including phenoxy) is 3. The molecule has 1 atom stereocenters. The summed E-state index contributed by atoms with van der Waals surface area (Å²) in [7, 11) is 1.27. The van der Waals surface area contributed by atoms with Gasteiger partial charge in [0, 0.05) is 0 Å². The number of alkyl halides is 2. The number of para-hydroxylation sites is 2. The molecule has 0 aliphatic rings. The first-order valence-electron chi connectivity index (χ1n) is 7.60. The van der Waals surface area contributed by atoms with E-state index in [1.807, 2.05) is 0 Å². The van der Waals surface area contributed by atoms with E-state index in [1.54, 1.807) is 6.07 Å². The molecule has 0 saturated carbocycles. The average Bonchev–Trinajstić information content (AvgIpc) is 2.62. The first-order chi connectivity index (χ1) is 12.4. The number of rotatable bonds is 7. The van der Waals surface area contributed by atoms with Crippen molar-refractivity contribution in [2.45, 2.75) is 19.6 Å². The van der Waals surface area contributed by atoms with E-state index in [1.165, 1.54) is 56.5 Å². The number of esters is 1. The van der Waals surface area contributed by atoms with Crippen LogP contribution in [0.3, 0.4) is 0 Å². The van der Waals surface area contributed by atoms with Gasteiger partial charge in [-0.2, -0.15) is 8.78 Å². The minimum atomic E-state index is -3.00. The highest BCUT2D eigenvalue weighted by atomic mass is 19.3. The lowest BCUT2D eigenvalue weighted by atomic mass is 10.2. The molecule has 0 heterocycles. The molecule has 2 aromatic carbocycles. The molecule has 2 rings (SSSR count). The Kier molecular flexibility index (Phi) is 6.48. The smallest absolute Gasteiger partial charge is 0.387 e. The fraction of sp³-hybridized carbons (Fsp3) is 0.222. The van der Waals surface area contributed by atoms with Crippen LogP contribution in [-0.2, 0) is 9.53 Å². The SMILES string of the molecule is COC(=O)c1ccc(O[C@H](C)C(=O)Nc2ccccc2OC(F)F)cc1. The monoisotopic (exact) mass is 365 g/mol. The maximum atomic E-state index is 12.4. The van der Waals surface area contributed by atoms with Gasteiger partial charge in [-0.25, -0.2) is 4.79 Å². The van der Waals surface area contributed by atoms with Crippen LogP contribution in [-0.4, -0.2) is 31.7 Å². The number of halogens is 2. The summed E-state index contributed by atoms with van der Waals surface area (Å²) in [6.07, 6.45) is -0.918. The first-order valence-corrected chi connectivity index (χ1v) is 7.60. The van der Waals surface area contributed by atoms with Gasteiger partial charge in [-0.15, -0.1) is 0 Å². The Morgan fingerprint density at radius 2 is 1.65 bits per heavy atom. The summed E-state index contributed by atoms with van der Waals surface area (Å²) in [6.45, 7) is -1.50. The molecule has 0 spiro atoms. The van der Waals surface area contributed by atoms with Crippen LogP contribution in [0, 0.1) is 0 Å². The van der Waals surface area contributed by atoms with Crippen LogP contribution >= 0.6 is 0 Å². The van der Waals surface area contributed by atoms with Gasteiger partial charge >= 0.3 is 12.6 Å². The Labute approximate surface area is 148 Å². The van der Waals surface area contributed by atoms with E-state index in [4.69, 9.17) is 4.74 Å². The fourth-order valence-corrected chi connectivity index (χ4v) is 2.05. The number of carbonyl (C=O) groups excluding carboxylic acids is 2. The predicted molar refractivity (Wildman–Crippen MR) is 89.6 cm³/mol. The second kappa shape index (κ2) is 8.80. The van der Waals surface area contributed by atoms with Crippen molar-refractivity contribution in [1.29, 1.82) is 0 Å². The number of methoxy groups -OCH3 is 1. The topological polar surface area (TPSA) is 73.9 Å². The highest BCUT2D eigenvalue weighted by molar-refractivity contribution is 5.95. The molecule has 0 radical (unpaired) electrons. The summed E-state index contributed by atoms with van der Waals surface area (Å²) in [5.74, 6) is -0.826. The predicted octanol–water partition coefficient (Wildman–Crippen LogP) is 3.48. The van der Waals surface area contributed by atoms with Crippen LogP contribution in [0.15, 0.2) is 48.5 Å². The number of carbonyl (C=O) groups is 2. The van der Waals surface area contributed by atoms with Gasteiger partial charge in [0.1, 0.15) is 11.5 Å². The Balaban J connectivity index is 2.01. The van der Waals surface area contributed by atoms with Crippen molar-refractivity contribution >= 4 is 17.6 Å². The fourth-order valence-electron chi connectivity index (χ4n) is 2.05. The number of hydrogen-bond donors (Lipinski definition) is 1. The third kappa shape index (κ3) is 5.17. The summed E-state index contributed by atoms with van der Waals surface area (Å²) in [4.78, 5) is 23.6. The minimum Gasteiger partial charge on any atom is -0.481 e. The lowest BCUT2D eigenvalue weighted by Crippen LogP contribution is -2.30. The van der Waals surface area contributed by atoms with Crippen LogP contribution in [0.4, 0.5) is 14.5 Å². The van der Waals surface area contributed by atoms with E-state index in [2.05, 4.69) is 14.8 Å². The quantitative estimate of drug-likeness (QED) is 0.761.